The Morgan fingerprint density at radius 3 is 2.86 bits per heavy atom. The van der Waals surface area contributed by atoms with E-state index in [0.29, 0.717) is 18.0 Å². The molecule has 0 saturated carbocycles. The van der Waals surface area contributed by atoms with Gasteiger partial charge in [0, 0.05) is 24.5 Å². The van der Waals surface area contributed by atoms with Gasteiger partial charge in [-0.05, 0) is 43.7 Å². The molecule has 1 heterocycles. The Bertz CT molecular complexity index is 617. The van der Waals surface area contributed by atoms with Crippen LogP contribution in [-0.2, 0) is 16.4 Å². The first kappa shape index (κ1) is 16.5. The van der Waals surface area contributed by atoms with Crippen LogP contribution in [0.1, 0.15) is 18.9 Å². The third kappa shape index (κ3) is 3.30. The smallest absolute Gasteiger partial charge is 0.246 e. The van der Waals surface area contributed by atoms with Gasteiger partial charge in [0.05, 0.1) is 6.61 Å². The summed E-state index contributed by atoms with van der Waals surface area (Å²) in [6, 6.07) is 3.21. The van der Waals surface area contributed by atoms with Crippen LogP contribution in [-0.4, -0.2) is 44.4 Å². The van der Waals surface area contributed by atoms with Crippen molar-refractivity contribution < 1.29 is 13.2 Å². The molecule has 0 aliphatic carbocycles. The van der Waals surface area contributed by atoms with Gasteiger partial charge in [-0.25, -0.2) is 8.42 Å². The Labute approximate surface area is 130 Å². The van der Waals surface area contributed by atoms with Gasteiger partial charge in [-0.2, -0.15) is 16.1 Å². The highest BCUT2D eigenvalue weighted by Crippen LogP contribution is 2.36. The largest absolute Gasteiger partial charge is 0.492 e. The van der Waals surface area contributed by atoms with E-state index in [2.05, 4.69) is 0 Å². The SMILES string of the molecule is CSCC(C)N(C)S(=O)(=O)c1cc(N)cc2c1OCCC2. The fourth-order valence-corrected chi connectivity index (χ4v) is 4.77. The molecule has 2 rings (SSSR count). The first-order valence-corrected chi connectivity index (χ1v) is 9.73. The zero-order valence-electron chi connectivity index (χ0n) is 12.6. The Balaban J connectivity index is 2.47. The number of anilines is 1. The molecule has 0 amide bonds. The summed E-state index contributed by atoms with van der Waals surface area (Å²) in [6.07, 6.45) is 3.64. The molecule has 1 unspecified atom stereocenters. The molecule has 0 radical (unpaired) electrons. The van der Waals surface area contributed by atoms with Crippen LogP contribution in [0, 0.1) is 0 Å². The summed E-state index contributed by atoms with van der Waals surface area (Å²) in [5.41, 5.74) is 7.21. The lowest BCUT2D eigenvalue weighted by molar-refractivity contribution is 0.279. The number of rotatable bonds is 5. The summed E-state index contributed by atoms with van der Waals surface area (Å²) in [5, 5.41) is 0. The molecule has 2 N–H and O–H groups in total. The highest BCUT2D eigenvalue weighted by atomic mass is 32.2. The van der Waals surface area contributed by atoms with Crippen molar-refractivity contribution in [1.82, 2.24) is 4.31 Å². The lowest BCUT2D eigenvalue weighted by Gasteiger charge is -2.27. The van der Waals surface area contributed by atoms with Crippen LogP contribution in [0.2, 0.25) is 0 Å². The molecule has 0 saturated heterocycles. The number of sulfonamides is 1. The van der Waals surface area contributed by atoms with Gasteiger partial charge < -0.3 is 10.5 Å². The Kier molecular flexibility index (Phi) is 5.06. The van der Waals surface area contributed by atoms with E-state index in [9.17, 15) is 8.42 Å². The van der Waals surface area contributed by atoms with Gasteiger partial charge in [-0.15, -0.1) is 0 Å². The maximum absolute atomic E-state index is 12.9. The van der Waals surface area contributed by atoms with Gasteiger partial charge in [-0.1, -0.05) is 0 Å². The second-order valence-electron chi connectivity index (χ2n) is 5.28. The van der Waals surface area contributed by atoms with Crippen LogP contribution in [0.15, 0.2) is 17.0 Å². The maximum Gasteiger partial charge on any atom is 0.246 e. The lowest BCUT2D eigenvalue weighted by atomic mass is 10.1. The molecular weight excluding hydrogens is 308 g/mol. The van der Waals surface area contributed by atoms with Crippen LogP contribution in [0.5, 0.6) is 5.75 Å². The fourth-order valence-electron chi connectivity index (χ4n) is 2.40. The minimum atomic E-state index is -3.61. The Morgan fingerprint density at radius 2 is 2.19 bits per heavy atom. The number of benzene rings is 1. The fraction of sp³-hybridized carbons (Fsp3) is 0.571. The van der Waals surface area contributed by atoms with Gasteiger partial charge in [-0.3, -0.25) is 0 Å². The molecule has 21 heavy (non-hydrogen) atoms. The number of aryl methyl sites for hydroxylation is 1. The summed E-state index contributed by atoms with van der Waals surface area (Å²) in [6.45, 7) is 2.44. The predicted octanol–water partition coefficient (Wildman–Crippen LogP) is 1.97. The Morgan fingerprint density at radius 1 is 1.48 bits per heavy atom. The quantitative estimate of drug-likeness (QED) is 0.836. The van der Waals surface area contributed by atoms with Crippen molar-refractivity contribution in [3.63, 3.8) is 0 Å². The van der Waals surface area contributed by atoms with E-state index in [1.54, 1.807) is 24.9 Å². The number of nitrogen functional groups attached to an aromatic ring is 1. The van der Waals surface area contributed by atoms with E-state index in [1.807, 2.05) is 13.2 Å². The van der Waals surface area contributed by atoms with Gasteiger partial charge in [0.2, 0.25) is 10.0 Å². The minimum Gasteiger partial charge on any atom is -0.492 e. The van der Waals surface area contributed by atoms with Crippen LogP contribution < -0.4 is 10.5 Å². The van der Waals surface area contributed by atoms with Crippen molar-refractivity contribution in [3.8, 4) is 5.75 Å². The number of nitrogens with two attached hydrogens (primary N) is 1. The Hall–Kier alpha value is -0.920. The van der Waals surface area contributed by atoms with Crippen molar-refractivity contribution in [1.29, 1.82) is 0 Å². The predicted molar refractivity (Wildman–Crippen MR) is 87.5 cm³/mol. The topological polar surface area (TPSA) is 72.6 Å². The number of ether oxygens (including phenoxy) is 1. The average Bonchev–Trinajstić information content (AvgIpc) is 2.45. The minimum absolute atomic E-state index is 0.0920. The molecule has 1 aliphatic heterocycles. The molecule has 1 aromatic rings. The molecule has 0 fully saturated rings. The molecule has 1 aromatic carbocycles. The van der Waals surface area contributed by atoms with E-state index in [1.165, 1.54) is 10.4 Å². The van der Waals surface area contributed by atoms with E-state index in [-0.39, 0.29) is 10.9 Å². The highest BCUT2D eigenvalue weighted by molar-refractivity contribution is 7.98. The summed E-state index contributed by atoms with van der Waals surface area (Å²) < 4.78 is 32.7. The summed E-state index contributed by atoms with van der Waals surface area (Å²) in [7, 11) is -2.00. The maximum atomic E-state index is 12.9. The summed E-state index contributed by atoms with van der Waals surface area (Å²) in [4.78, 5) is 0.188. The number of thioether (sulfide) groups is 1. The number of hydrogen-bond donors (Lipinski definition) is 1. The third-order valence-electron chi connectivity index (χ3n) is 3.68. The van der Waals surface area contributed by atoms with Gasteiger partial charge in [0.1, 0.15) is 10.6 Å². The summed E-state index contributed by atoms with van der Waals surface area (Å²) in [5.74, 6) is 1.21. The average molecular weight is 330 g/mol. The molecule has 1 atom stereocenters. The van der Waals surface area contributed by atoms with Gasteiger partial charge in [0.15, 0.2) is 0 Å². The van der Waals surface area contributed by atoms with Gasteiger partial charge >= 0.3 is 0 Å². The molecule has 7 heteroatoms. The van der Waals surface area contributed by atoms with Crippen molar-refractivity contribution in [2.24, 2.45) is 0 Å². The van der Waals surface area contributed by atoms with Crippen molar-refractivity contribution in [3.05, 3.63) is 17.7 Å². The zero-order chi connectivity index (χ0) is 15.6. The molecular formula is C14H22N2O3S2. The van der Waals surface area contributed by atoms with Gasteiger partial charge in [0.25, 0.3) is 0 Å². The monoisotopic (exact) mass is 330 g/mol. The number of hydrogen-bond acceptors (Lipinski definition) is 5. The second kappa shape index (κ2) is 6.46. The first-order chi connectivity index (χ1) is 9.87. The van der Waals surface area contributed by atoms with E-state index < -0.39 is 10.0 Å². The summed E-state index contributed by atoms with van der Waals surface area (Å²) >= 11 is 1.62. The van der Waals surface area contributed by atoms with Crippen LogP contribution in [0.3, 0.4) is 0 Å². The van der Waals surface area contributed by atoms with E-state index >= 15 is 0 Å². The number of fused-ring (bicyclic) bond motifs is 1. The zero-order valence-corrected chi connectivity index (χ0v) is 14.3. The highest BCUT2D eigenvalue weighted by Gasteiger charge is 2.31. The second-order valence-corrected chi connectivity index (χ2v) is 8.16. The van der Waals surface area contributed by atoms with Crippen molar-refractivity contribution in [2.45, 2.75) is 30.7 Å². The normalized spacial score (nSPS) is 16.4. The van der Waals surface area contributed by atoms with Crippen molar-refractivity contribution >= 4 is 27.5 Å². The van der Waals surface area contributed by atoms with Crippen LogP contribution in [0.4, 0.5) is 5.69 Å². The van der Waals surface area contributed by atoms with E-state index in [4.69, 9.17) is 10.5 Å². The first-order valence-electron chi connectivity index (χ1n) is 6.90. The number of nitrogens with zero attached hydrogens (tertiary/aromatic N) is 1. The van der Waals surface area contributed by atoms with E-state index in [0.717, 1.165) is 24.2 Å². The van der Waals surface area contributed by atoms with Crippen LogP contribution >= 0.6 is 11.8 Å². The molecule has 0 aromatic heterocycles. The standard InChI is InChI=1S/C14H22N2O3S2/c1-10(9-20-3)16(2)21(17,18)13-8-12(15)7-11-5-4-6-19-14(11)13/h7-8,10H,4-6,9,15H2,1-3H3. The lowest BCUT2D eigenvalue weighted by Crippen LogP contribution is -2.37. The molecule has 5 nitrogen and oxygen atoms in total. The van der Waals surface area contributed by atoms with Crippen molar-refractivity contribution in [2.75, 3.05) is 31.4 Å². The third-order valence-corrected chi connectivity index (χ3v) is 6.47. The van der Waals surface area contributed by atoms with Crippen LogP contribution in [0.25, 0.3) is 0 Å². The molecule has 1 aliphatic rings. The molecule has 0 bridgehead atoms. The molecule has 118 valence electrons. The molecule has 0 spiro atoms.